The molecule has 1 atom stereocenters. The van der Waals surface area contributed by atoms with E-state index in [-0.39, 0.29) is 25.4 Å². The Morgan fingerprint density at radius 1 is 0.929 bits per heavy atom. The summed E-state index contributed by atoms with van der Waals surface area (Å²) >= 11 is 12.2. The second kappa shape index (κ2) is 13.4. The van der Waals surface area contributed by atoms with E-state index in [1.54, 1.807) is 18.2 Å². The minimum absolute atomic E-state index is 0.00670. The average molecular weight is 607 g/mol. The van der Waals surface area contributed by atoms with Gasteiger partial charge < -0.3 is 15.2 Å². The Balaban J connectivity index is 1.31. The number of carbonyl (C=O) groups excluding carboxylic acids is 3. The van der Waals surface area contributed by atoms with Crippen molar-refractivity contribution in [2.75, 3.05) is 37.6 Å². The number of fused-ring (bicyclic) bond motifs is 1. The second-order valence-corrected chi connectivity index (χ2v) is 11.3. The fourth-order valence-corrected chi connectivity index (χ4v) is 5.64. The van der Waals surface area contributed by atoms with Gasteiger partial charge in [-0.05, 0) is 41.5 Å². The van der Waals surface area contributed by atoms with Gasteiger partial charge in [0.05, 0.1) is 23.1 Å². The number of aromatic amines is 1. The first-order valence-corrected chi connectivity index (χ1v) is 14.7. The molecule has 2 heterocycles. The quantitative estimate of drug-likeness (QED) is 0.283. The van der Waals surface area contributed by atoms with Crippen LogP contribution in [0.2, 0.25) is 10.0 Å². The molecule has 3 aromatic carbocycles. The smallest absolute Gasteiger partial charge is 0.252 e. The SMILES string of the molecule is CC(=O)N(Cc1ccc(Cl)c(Cl)c1)C(=O)C(Cc1c[nH]c2ccccc12)NC(=O)CN1CCN(c2ccccc2)CC1. The number of hydrogen-bond donors (Lipinski definition) is 2. The van der Waals surface area contributed by atoms with Gasteiger partial charge in [0.2, 0.25) is 11.8 Å². The molecule has 0 bridgehead atoms. The van der Waals surface area contributed by atoms with Crippen molar-refractivity contribution in [3.05, 3.63) is 100 Å². The Morgan fingerprint density at radius 2 is 1.64 bits per heavy atom. The molecule has 1 fully saturated rings. The van der Waals surface area contributed by atoms with Crippen molar-refractivity contribution < 1.29 is 14.4 Å². The molecule has 1 saturated heterocycles. The molecule has 1 aliphatic rings. The molecule has 1 aliphatic heterocycles. The van der Waals surface area contributed by atoms with Gasteiger partial charge in [-0.3, -0.25) is 24.2 Å². The molecule has 218 valence electrons. The van der Waals surface area contributed by atoms with Crippen molar-refractivity contribution in [3.63, 3.8) is 0 Å². The molecule has 5 rings (SSSR count). The van der Waals surface area contributed by atoms with Crippen LogP contribution in [0.25, 0.3) is 10.9 Å². The van der Waals surface area contributed by atoms with Crippen LogP contribution in [0.1, 0.15) is 18.1 Å². The van der Waals surface area contributed by atoms with Crippen LogP contribution in [0.4, 0.5) is 5.69 Å². The third-order valence-corrected chi connectivity index (χ3v) is 8.30. The number of anilines is 1. The largest absolute Gasteiger partial charge is 0.369 e. The molecule has 0 spiro atoms. The lowest BCUT2D eigenvalue weighted by Gasteiger charge is -2.36. The van der Waals surface area contributed by atoms with E-state index >= 15 is 0 Å². The topological polar surface area (TPSA) is 88.8 Å². The Labute approximate surface area is 255 Å². The highest BCUT2D eigenvalue weighted by molar-refractivity contribution is 6.42. The molecular weight excluding hydrogens is 573 g/mol. The summed E-state index contributed by atoms with van der Waals surface area (Å²) in [7, 11) is 0. The van der Waals surface area contributed by atoms with Crippen LogP contribution < -0.4 is 10.2 Å². The van der Waals surface area contributed by atoms with E-state index in [1.807, 2.05) is 48.7 Å². The number of piperazine rings is 1. The van der Waals surface area contributed by atoms with Gasteiger partial charge in [-0.15, -0.1) is 0 Å². The maximum absolute atomic E-state index is 13.9. The minimum Gasteiger partial charge on any atom is -0.369 e. The van der Waals surface area contributed by atoms with Crippen LogP contribution in [0.15, 0.2) is 79.0 Å². The van der Waals surface area contributed by atoms with E-state index in [4.69, 9.17) is 23.2 Å². The maximum atomic E-state index is 13.9. The summed E-state index contributed by atoms with van der Waals surface area (Å²) in [5.41, 5.74) is 3.62. The third kappa shape index (κ3) is 7.13. The van der Waals surface area contributed by atoms with Crippen molar-refractivity contribution in [1.82, 2.24) is 20.1 Å². The van der Waals surface area contributed by atoms with Gasteiger partial charge in [-0.25, -0.2) is 0 Å². The number of rotatable bonds is 9. The molecule has 8 nitrogen and oxygen atoms in total. The standard InChI is InChI=1S/C32H33Cl2N5O3/c1-22(40)39(20-23-11-12-27(33)28(34)17-23)32(42)30(18-24-19-35-29-10-6-5-9-26(24)29)36-31(41)21-37-13-15-38(16-14-37)25-7-3-2-4-8-25/h2-12,17,19,30,35H,13-16,18,20-21H2,1H3,(H,36,41). The zero-order valence-corrected chi connectivity index (χ0v) is 24.9. The van der Waals surface area contributed by atoms with Gasteiger partial charge in [0.15, 0.2) is 0 Å². The minimum atomic E-state index is -0.950. The van der Waals surface area contributed by atoms with Gasteiger partial charge in [0.1, 0.15) is 6.04 Å². The third-order valence-electron chi connectivity index (χ3n) is 7.56. The molecule has 0 aliphatic carbocycles. The van der Waals surface area contributed by atoms with Crippen LogP contribution in [-0.4, -0.2) is 71.3 Å². The molecule has 1 unspecified atom stereocenters. The second-order valence-electron chi connectivity index (χ2n) is 10.5. The van der Waals surface area contributed by atoms with E-state index in [2.05, 4.69) is 32.2 Å². The van der Waals surface area contributed by atoms with Crippen molar-refractivity contribution >= 4 is 57.5 Å². The Morgan fingerprint density at radius 3 is 2.36 bits per heavy atom. The Kier molecular flexibility index (Phi) is 9.47. The summed E-state index contributed by atoms with van der Waals surface area (Å²) in [6.45, 7) is 4.56. The molecule has 2 N–H and O–H groups in total. The van der Waals surface area contributed by atoms with E-state index in [9.17, 15) is 14.4 Å². The number of para-hydroxylation sites is 2. The molecule has 10 heteroatoms. The van der Waals surface area contributed by atoms with E-state index in [0.29, 0.717) is 15.6 Å². The first-order valence-electron chi connectivity index (χ1n) is 13.9. The number of hydrogen-bond acceptors (Lipinski definition) is 5. The van der Waals surface area contributed by atoms with E-state index < -0.39 is 17.9 Å². The number of nitrogens with one attached hydrogen (secondary N) is 2. The summed E-state index contributed by atoms with van der Waals surface area (Å²) in [6.07, 6.45) is 2.07. The number of benzene rings is 3. The maximum Gasteiger partial charge on any atom is 0.252 e. The first kappa shape index (κ1) is 29.6. The zero-order valence-electron chi connectivity index (χ0n) is 23.4. The molecule has 0 radical (unpaired) electrons. The lowest BCUT2D eigenvalue weighted by atomic mass is 10.0. The molecule has 0 saturated carbocycles. The highest BCUT2D eigenvalue weighted by Gasteiger charge is 2.30. The number of aromatic nitrogens is 1. The van der Waals surface area contributed by atoms with Gasteiger partial charge in [0, 0.05) is 62.3 Å². The number of imide groups is 1. The number of carbonyl (C=O) groups is 3. The van der Waals surface area contributed by atoms with Gasteiger partial charge in [-0.1, -0.05) is 65.7 Å². The average Bonchev–Trinajstić information content (AvgIpc) is 3.40. The highest BCUT2D eigenvalue weighted by atomic mass is 35.5. The van der Waals surface area contributed by atoms with Gasteiger partial charge in [0.25, 0.3) is 5.91 Å². The lowest BCUT2D eigenvalue weighted by molar-refractivity contribution is -0.147. The normalized spacial score (nSPS) is 14.5. The lowest BCUT2D eigenvalue weighted by Crippen LogP contribution is -2.54. The highest BCUT2D eigenvalue weighted by Crippen LogP contribution is 2.24. The Hall–Kier alpha value is -3.85. The van der Waals surface area contributed by atoms with Crippen molar-refractivity contribution in [2.24, 2.45) is 0 Å². The molecule has 1 aromatic heterocycles. The van der Waals surface area contributed by atoms with Gasteiger partial charge >= 0.3 is 0 Å². The fourth-order valence-electron chi connectivity index (χ4n) is 5.32. The predicted octanol–water partition coefficient (Wildman–Crippen LogP) is 4.90. The van der Waals surface area contributed by atoms with Crippen molar-refractivity contribution in [1.29, 1.82) is 0 Å². The zero-order chi connectivity index (χ0) is 29.6. The van der Waals surface area contributed by atoms with E-state index in [0.717, 1.165) is 53.2 Å². The van der Waals surface area contributed by atoms with Crippen molar-refractivity contribution in [2.45, 2.75) is 25.9 Å². The molecule has 42 heavy (non-hydrogen) atoms. The summed E-state index contributed by atoms with van der Waals surface area (Å²) in [6, 6.07) is 22.0. The van der Waals surface area contributed by atoms with Crippen LogP contribution >= 0.6 is 23.2 Å². The van der Waals surface area contributed by atoms with Crippen LogP contribution in [0.3, 0.4) is 0 Å². The summed E-state index contributed by atoms with van der Waals surface area (Å²) in [5.74, 6) is -1.18. The van der Waals surface area contributed by atoms with Crippen LogP contribution in [0.5, 0.6) is 0 Å². The summed E-state index contributed by atoms with van der Waals surface area (Å²) in [5, 5.41) is 4.63. The fraction of sp³-hybridized carbons (Fsp3) is 0.281. The molecule has 3 amide bonds. The summed E-state index contributed by atoms with van der Waals surface area (Å²) < 4.78 is 0. The number of H-pyrrole nitrogens is 1. The Bertz CT molecular complexity index is 1570. The van der Waals surface area contributed by atoms with Gasteiger partial charge in [-0.2, -0.15) is 0 Å². The predicted molar refractivity (Wildman–Crippen MR) is 167 cm³/mol. The number of nitrogens with zero attached hydrogens (tertiary/aromatic N) is 3. The number of halogens is 2. The van der Waals surface area contributed by atoms with E-state index in [1.165, 1.54) is 6.92 Å². The number of amides is 3. The molecule has 4 aromatic rings. The first-order chi connectivity index (χ1) is 20.3. The molecular formula is C32H33Cl2N5O3. The van der Waals surface area contributed by atoms with Crippen LogP contribution in [-0.2, 0) is 27.3 Å². The monoisotopic (exact) mass is 605 g/mol. The van der Waals surface area contributed by atoms with Crippen molar-refractivity contribution in [3.8, 4) is 0 Å². The summed E-state index contributed by atoms with van der Waals surface area (Å²) in [4.78, 5) is 48.8. The van der Waals surface area contributed by atoms with Crippen LogP contribution in [0, 0.1) is 0 Å².